The van der Waals surface area contributed by atoms with Crippen molar-refractivity contribution in [2.45, 2.75) is 83.3 Å². The number of aromatic nitrogens is 2. The molecule has 2 fully saturated rings. The molecule has 7 nitrogen and oxygen atoms in total. The molecule has 2 saturated heterocycles. The second-order valence-electron chi connectivity index (χ2n) is 10.1. The van der Waals surface area contributed by atoms with Crippen LogP contribution in [0.25, 0.3) is 0 Å². The van der Waals surface area contributed by atoms with Crippen LogP contribution >= 0.6 is 11.8 Å². The van der Waals surface area contributed by atoms with Crippen molar-refractivity contribution >= 4 is 30.4 Å². The number of amides is 1. The van der Waals surface area contributed by atoms with Gasteiger partial charge < -0.3 is 18.9 Å². The number of thioether (sulfide) groups is 1. The summed E-state index contributed by atoms with van der Waals surface area (Å²) < 4.78 is 17.6. The van der Waals surface area contributed by atoms with E-state index in [2.05, 4.69) is 9.97 Å². The maximum atomic E-state index is 12.3. The van der Waals surface area contributed by atoms with E-state index in [4.69, 9.17) is 14.0 Å². The molecule has 0 unspecified atom stereocenters. The van der Waals surface area contributed by atoms with E-state index in [1.54, 1.807) is 24.2 Å². The predicted molar refractivity (Wildman–Crippen MR) is 119 cm³/mol. The summed E-state index contributed by atoms with van der Waals surface area (Å²) in [7, 11) is -0.449. The molecule has 2 aliphatic rings. The smallest absolute Gasteiger partial charge is 0.444 e. The number of nitrogens with zero attached hydrogens (tertiary/aromatic N) is 3. The van der Waals surface area contributed by atoms with Crippen LogP contribution in [-0.2, 0) is 14.0 Å². The van der Waals surface area contributed by atoms with E-state index in [9.17, 15) is 4.79 Å². The van der Waals surface area contributed by atoms with Crippen molar-refractivity contribution in [3.05, 3.63) is 12.4 Å². The summed E-state index contributed by atoms with van der Waals surface area (Å²) >= 11 is 1.62. The summed E-state index contributed by atoms with van der Waals surface area (Å²) in [6.45, 7) is 15.3. The Kier molecular flexibility index (Phi) is 6.75. The molecule has 3 rings (SSSR count). The molecule has 0 radical (unpaired) electrons. The molecule has 0 aliphatic carbocycles. The van der Waals surface area contributed by atoms with Crippen molar-refractivity contribution in [1.29, 1.82) is 0 Å². The zero-order valence-corrected chi connectivity index (χ0v) is 20.0. The van der Waals surface area contributed by atoms with E-state index in [0.717, 1.165) is 35.8 Å². The Hall–Kier alpha value is -1.32. The molecule has 3 heterocycles. The molecule has 2 aliphatic heterocycles. The second kappa shape index (κ2) is 8.67. The van der Waals surface area contributed by atoms with E-state index >= 15 is 0 Å². The Bertz CT molecular complexity index is 736. The van der Waals surface area contributed by atoms with Gasteiger partial charge in [0.25, 0.3) is 0 Å². The summed E-state index contributed by atoms with van der Waals surface area (Å²) in [6.07, 6.45) is 5.43. The average Bonchev–Trinajstić information content (AvgIpc) is 2.87. The largest absolute Gasteiger partial charge is 0.498 e. The minimum absolute atomic E-state index is 0.222. The standard InChI is InChI=1S/C21H34BN3O4S/c1-19(2,3)27-18(26)25-10-8-9-15(13-25)14-30-17-23-11-16(12-24-17)22-28-20(4,5)21(6,7)29-22/h11-12,15H,8-10,13-14H2,1-7H3/t15-/m1/s1. The Labute approximate surface area is 184 Å². The van der Waals surface area contributed by atoms with Gasteiger partial charge >= 0.3 is 13.2 Å². The van der Waals surface area contributed by atoms with Gasteiger partial charge in [-0.2, -0.15) is 0 Å². The maximum Gasteiger partial charge on any atom is 0.498 e. The molecule has 166 valence electrons. The van der Waals surface area contributed by atoms with Crippen molar-refractivity contribution in [2.24, 2.45) is 5.92 Å². The van der Waals surface area contributed by atoms with Gasteiger partial charge in [-0.1, -0.05) is 11.8 Å². The van der Waals surface area contributed by atoms with Crippen LogP contribution < -0.4 is 5.46 Å². The fourth-order valence-electron chi connectivity index (χ4n) is 3.39. The Balaban J connectivity index is 1.51. The molecule has 1 amide bonds. The summed E-state index contributed by atoms with van der Waals surface area (Å²) in [5.74, 6) is 1.28. The van der Waals surface area contributed by atoms with Gasteiger partial charge in [0.05, 0.1) is 11.2 Å². The number of hydrogen-bond donors (Lipinski definition) is 0. The monoisotopic (exact) mass is 435 g/mol. The minimum Gasteiger partial charge on any atom is -0.444 e. The van der Waals surface area contributed by atoms with Crippen LogP contribution in [0.1, 0.15) is 61.3 Å². The Morgan fingerprint density at radius 2 is 1.83 bits per heavy atom. The third-order valence-corrected chi connectivity index (χ3v) is 6.90. The zero-order valence-electron chi connectivity index (χ0n) is 19.2. The van der Waals surface area contributed by atoms with Crippen LogP contribution in [0.15, 0.2) is 17.6 Å². The number of likely N-dealkylation sites (tertiary alicyclic amines) is 1. The third-order valence-electron chi connectivity index (χ3n) is 5.79. The highest BCUT2D eigenvalue weighted by atomic mass is 32.2. The molecule has 0 spiro atoms. The summed E-state index contributed by atoms with van der Waals surface area (Å²) in [4.78, 5) is 23.1. The van der Waals surface area contributed by atoms with Crippen LogP contribution in [0.5, 0.6) is 0 Å². The highest BCUT2D eigenvalue weighted by Gasteiger charge is 2.52. The minimum atomic E-state index is -0.467. The van der Waals surface area contributed by atoms with Gasteiger partial charge in [0.1, 0.15) is 5.60 Å². The molecular weight excluding hydrogens is 401 g/mol. The van der Waals surface area contributed by atoms with Gasteiger partial charge in [0.15, 0.2) is 5.16 Å². The van der Waals surface area contributed by atoms with Gasteiger partial charge in [0, 0.05) is 36.7 Å². The van der Waals surface area contributed by atoms with Gasteiger partial charge in [-0.3, -0.25) is 0 Å². The van der Waals surface area contributed by atoms with Crippen molar-refractivity contribution < 1.29 is 18.8 Å². The lowest BCUT2D eigenvalue weighted by Gasteiger charge is -2.33. The first-order chi connectivity index (χ1) is 13.9. The van der Waals surface area contributed by atoms with Gasteiger partial charge in [0.2, 0.25) is 0 Å². The van der Waals surface area contributed by atoms with Crippen LogP contribution in [0.2, 0.25) is 0 Å². The second-order valence-corrected chi connectivity index (χ2v) is 11.1. The summed E-state index contributed by atoms with van der Waals surface area (Å²) in [5.41, 5.74) is -0.407. The van der Waals surface area contributed by atoms with E-state index in [0.29, 0.717) is 12.5 Å². The first-order valence-electron chi connectivity index (χ1n) is 10.6. The van der Waals surface area contributed by atoms with Crippen LogP contribution in [0.4, 0.5) is 4.79 Å². The average molecular weight is 435 g/mol. The van der Waals surface area contributed by atoms with E-state index in [-0.39, 0.29) is 17.3 Å². The molecule has 0 saturated carbocycles. The molecule has 0 aromatic carbocycles. The Morgan fingerprint density at radius 1 is 1.23 bits per heavy atom. The molecule has 0 N–H and O–H groups in total. The molecule has 1 atom stereocenters. The number of carbonyl (C=O) groups is 1. The van der Waals surface area contributed by atoms with Gasteiger partial charge in [-0.15, -0.1) is 0 Å². The maximum absolute atomic E-state index is 12.3. The number of rotatable bonds is 4. The van der Waals surface area contributed by atoms with Crippen molar-refractivity contribution in [3.63, 3.8) is 0 Å². The van der Waals surface area contributed by atoms with E-state index < -0.39 is 12.7 Å². The lowest BCUT2D eigenvalue weighted by atomic mass is 9.81. The third kappa shape index (κ3) is 5.68. The number of hydrogen-bond acceptors (Lipinski definition) is 7. The van der Waals surface area contributed by atoms with Crippen molar-refractivity contribution in [1.82, 2.24) is 14.9 Å². The lowest BCUT2D eigenvalue weighted by Crippen LogP contribution is -2.43. The van der Waals surface area contributed by atoms with Crippen molar-refractivity contribution in [2.75, 3.05) is 18.8 Å². The molecule has 9 heteroatoms. The molecule has 0 bridgehead atoms. The molecular formula is C21H34BN3O4S. The first-order valence-corrected chi connectivity index (χ1v) is 11.6. The van der Waals surface area contributed by atoms with Crippen LogP contribution in [0, 0.1) is 5.92 Å². The van der Waals surface area contributed by atoms with E-state index in [1.165, 1.54) is 0 Å². The van der Waals surface area contributed by atoms with Gasteiger partial charge in [-0.05, 0) is 67.2 Å². The number of ether oxygens (including phenoxy) is 1. The van der Waals surface area contributed by atoms with Crippen molar-refractivity contribution in [3.8, 4) is 0 Å². The quantitative estimate of drug-likeness (QED) is 0.407. The van der Waals surface area contributed by atoms with E-state index in [1.807, 2.05) is 53.4 Å². The first kappa shape index (κ1) is 23.4. The summed E-state index contributed by atoms with van der Waals surface area (Å²) in [5, 5.41) is 0.727. The zero-order chi connectivity index (χ0) is 22.2. The highest BCUT2D eigenvalue weighted by Crippen LogP contribution is 2.36. The Morgan fingerprint density at radius 3 is 2.40 bits per heavy atom. The van der Waals surface area contributed by atoms with Gasteiger partial charge in [-0.25, -0.2) is 14.8 Å². The highest BCUT2D eigenvalue weighted by molar-refractivity contribution is 7.99. The predicted octanol–water partition coefficient (Wildman–Crippen LogP) is 3.52. The molecule has 30 heavy (non-hydrogen) atoms. The number of piperidine rings is 1. The fraction of sp³-hybridized carbons (Fsp3) is 0.762. The SMILES string of the molecule is CC(C)(C)OC(=O)N1CCC[C@@H](CSc2ncc(B3OC(C)(C)C(C)(C)O3)cn2)C1. The number of carbonyl (C=O) groups excluding carboxylic acids is 1. The molecule has 1 aromatic rings. The summed E-state index contributed by atoms with van der Waals surface area (Å²) in [6, 6.07) is 0. The molecule has 1 aromatic heterocycles. The fourth-order valence-corrected chi connectivity index (χ4v) is 4.30. The lowest BCUT2D eigenvalue weighted by molar-refractivity contribution is 0.00578. The normalized spacial score (nSPS) is 23.5. The van der Waals surface area contributed by atoms with Crippen LogP contribution in [-0.4, -0.2) is 63.7 Å². The van der Waals surface area contributed by atoms with Crippen LogP contribution in [0.3, 0.4) is 0 Å². The topological polar surface area (TPSA) is 73.8 Å².